The van der Waals surface area contributed by atoms with Gasteiger partial charge in [0.05, 0.1) is 36.7 Å². The van der Waals surface area contributed by atoms with Gasteiger partial charge in [0.2, 0.25) is 17.7 Å². The largest absolute Gasteiger partial charge is 0.493 e. The minimum atomic E-state index is -1.52. The molecule has 1 aliphatic heterocycles. The first-order valence-electron chi connectivity index (χ1n) is 17.4. The van der Waals surface area contributed by atoms with Crippen molar-refractivity contribution in [2.75, 3.05) is 20.8 Å². The molecule has 3 amide bonds. The van der Waals surface area contributed by atoms with Gasteiger partial charge in [0.15, 0.2) is 11.5 Å². The maximum atomic E-state index is 14.5. The topological polar surface area (TPSA) is 179 Å². The number of likely N-dealkylation sites (tertiary alicyclic amines) is 1. The summed E-state index contributed by atoms with van der Waals surface area (Å²) < 4.78 is 23.1. The average molecular weight is 736 g/mol. The second-order valence-corrected chi connectivity index (χ2v) is 15.5. The van der Waals surface area contributed by atoms with Gasteiger partial charge in [0.25, 0.3) is 0 Å². The second kappa shape index (κ2) is 14.6. The van der Waals surface area contributed by atoms with Crippen LogP contribution in [-0.2, 0) is 19.1 Å². The summed E-state index contributed by atoms with van der Waals surface area (Å²) >= 11 is 1.44. The Morgan fingerprint density at radius 3 is 2.31 bits per heavy atom. The Kier molecular flexibility index (Phi) is 10.4. The summed E-state index contributed by atoms with van der Waals surface area (Å²) in [5, 5.41) is 17.4. The van der Waals surface area contributed by atoms with Crippen LogP contribution in [-0.4, -0.2) is 94.4 Å². The number of benzene rings is 1. The molecule has 3 aromatic rings. The van der Waals surface area contributed by atoms with E-state index in [2.05, 4.69) is 17.2 Å². The van der Waals surface area contributed by atoms with E-state index in [1.54, 1.807) is 12.1 Å². The molecule has 3 heterocycles. The number of ether oxygens (including phenoxy) is 4. The first-order chi connectivity index (χ1) is 24.8. The quantitative estimate of drug-likeness (QED) is 0.214. The number of hydrogen-bond acceptors (Lipinski definition) is 11. The Bertz CT molecular complexity index is 1860. The number of aromatic nitrogens is 2. The molecular formula is C37H45N5O9S. The summed E-state index contributed by atoms with van der Waals surface area (Å²) in [6.07, 6.45) is 3.48. The fourth-order valence-electron chi connectivity index (χ4n) is 7.00. The number of amides is 3. The van der Waals surface area contributed by atoms with E-state index in [4.69, 9.17) is 28.9 Å². The highest BCUT2D eigenvalue weighted by Crippen LogP contribution is 2.45. The van der Waals surface area contributed by atoms with E-state index < -0.39 is 58.9 Å². The molecule has 1 aromatic carbocycles. The molecule has 2 aromatic heterocycles. The smallest absolute Gasteiger partial charge is 0.408 e. The van der Waals surface area contributed by atoms with Crippen LogP contribution in [0.15, 0.2) is 42.3 Å². The highest BCUT2D eigenvalue weighted by Gasteiger charge is 2.61. The number of alkyl carbamates (subject to hydrolysis) is 1. The minimum Gasteiger partial charge on any atom is -0.493 e. The molecule has 2 saturated carbocycles. The maximum absolute atomic E-state index is 14.5. The molecular weight excluding hydrogens is 691 g/mol. The summed E-state index contributed by atoms with van der Waals surface area (Å²) in [5.41, 5.74) is -0.832. The van der Waals surface area contributed by atoms with Crippen molar-refractivity contribution in [3.63, 3.8) is 0 Å². The van der Waals surface area contributed by atoms with E-state index in [-0.39, 0.29) is 31.4 Å². The number of carboxylic acid groups (broad SMARTS) is 1. The SMILES string of the molecule is C=C[C@@H]1CC1(NC(=O)[C@@H]1C[C@@H](Oc2nc3cc(OC)c(OC)cc3nc2-c2cccs2)CN1C(=O)[C@@H](NC(=O)OC1CCCC1)C(C)(C)C)C(=O)O. The molecule has 3 fully saturated rings. The van der Waals surface area contributed by atoms with Crippen LogP contribution in [0.4, 0.5) is 4.79 Å². The Morgan fingerprint density at radius 1 is 1.08 bits per heavy atom. The Labute approximate surface area is 305 Å². The summed E-state index contributed by atoms with van der Waals surface area (Å²) in [6, 6.07) is 4.98. The zero-order chi connectivity index (χ0) is 37.4. The van der Waals surface area contributed by atoms with Gasteiger partial charge in [-0.25, -0.2) is 19.6 Å². The summed E-state index contributed by atoms with van der Waals surface area (Å²) in [6.45, 7) is 9.09. The fraction of sp³-hybridized carbons (Fsp3) is 0.514. The number of rotatable bonds is 12. The van der Waals surface area contributed by atoms with Crippen molar-refractivity contribution in [1.29, 1.82) is 0 Å². The Hall–Kier alpha value is -4.92. The second-order valence-electron chi connectivity index (χ2n) is 14.6. The first-order valence-corrected chi connectivity index (χ1v) is 18.3. The highest BCUT2D eigenvalue weighted by atomic mass is 32.1. The van der Waals surface area contributed by atoms with Crippen molar-refractivity contribution in [3.8, 4) is 28.0 Å². The standard InChI is InChI=1S/C37H45N5O9S/c1-7-20-18-37(20,34(45)46)41-31(43)25-15-22(19-42(25)33(44)30(36(2,3)4)40-35(47)51-21-11-8-9-12-21)50-32-29(28-13-10-14-52-28)38-23-16-26(48-5)27(49-6)17-24(23)39-32/h7,10,13-14,16-17,20-22,25,30H,1,8-9,11-12,15,18-19H2,2-6H3,(H,40,47)(H,41,43)(H,45,46)/t20-,22-,25+,30-,37?/m1/s1. The first kappa shape index (κ1) is 36.9. The van der Waals surface area contributed by atoms with Crippen LogP contribution in [0.1, 0.15) is 59.3 Å². The lowest BCUT2D eigenvalue weighted by Gasteiger charge is -2.35. The van der Waals surface area contributed by atoms with Crippen molar-refractivity contribution in [2.24, 2.45) is 11.3 Å². The molecule has 15 heteroatoms. The normalized spacial score (nSPS) is 23.5. The number of carbonyl (C=O) groups excluding carboxylic acids is 3. The molecule has 0 bridgehead atoms. The van der Waals surface area contributed by atoms with Gasteiger partial charge in [-0.1, -0.05) is 32.9 Å². The number of fused-ring (bicyclic) bond motifs is 1. The zero-order valence-corrected chi connectivity index (χ0v) is 30.8. The Morgan fingerprint density at radius 2 is 1.75 bits per heavy atom. The van der Waals surface area contributed by atoms with Crippen LogP contribution in [0.2, 0.25) is 0 Å². The molecule has 52 heavy (non-hydrogen) atoms. The number of nitrogens with one attached hydrogen (secondary N) is 2. The number of aliphatic carboxylic acids is 1. The molecule has 6 rings (SSSR count). The van der Waals surface area contributed by atoms with Gasteiger partial charge in [-0.15, -0.1) is 17.9 Å². The van der Waals surface area contributed by atoms with Crippen molar-refractivity contribution in [2.45, 2.75) is 89.1 Å². The molecule has 278 valence electrons. The van der Waals surface area contributed by atoms with Crippen molar-refractivity contribution in [1.82, 2.24) is 25.5 Å². The molecule has 0 spiro atoms. The van der Waals surface area contributed by atoms with Gasteiger partial charge in [-0.3, -0.25) is 9.59 Å². The van der Waals surface area contributed by atoms with Gasteiger partial charge < -0.3 is 39.6 Å². The zero-order valence-electron chi connectivity index (χ0n) is 30.0. The third-order valence-electron chi connectivity index (χ3n) is 10.00. The van der Waals surface area contributed by atoms with Crippen molar-refractivity contribution in [3.05, 3.63) is 42.3 Å². The van der Waals surface area contributed by atoms with E-state index in [1.807, 2.05) is 38.3 Å². The van der Waals surface area contributed by atoms with Crippen molar-refractivity contribution >= 4 is 46.2 Å². The van der Waals surface area contributed by atoms with Crippen LogP contribution in [0.3, 0.4) is 0 Å². The minimum absolute atomic E-state index is 0.0188. The third kappa shape index (κ3) is 7.36. The molecule has 0 radical (unpaired) electrons. The monoisotopic (exact) mass is 735 g/mol. The molecule has 3 aliphatic rings. The van der Waals surface area contributed by atoms with Crippen LogP contribution in [0.25, 0.3) is 21.6 Å². The lowest BCUT2D eigenvalue weighted by atomic mass is 9.85. The predicted octanol–water partition coefficient (Wildman–Crippen LogP) is 4.95. The van der Waals surface area contributed by atoms with Crippen molar-refractivity contribution < 1.29 is 43.2 Å². The van der Waals surface area contributed by atoms with E-state index in [0.29, 0.717) is 28.2 Å². The summed E-state index contributed by atoms with van der Waals surface area (Å²) in [5.74, 6) is -1.70. The number of nitrogens with zero attached hydrogens (tertiary/aromatic N) is 3. The number of carbonyl (C=O) groups is 4. The Balaban J connectivity index is 1.33. The average Bonchev–Trinajstić information content (AvgIpc) is 3.58. The number of thiophene rings is 1. The molecule has 1 saturated heterocycles. The molecule has 5 atom stereocenters. The predicted molar refractivity (Wildman–Crippen MR) is 192 cm³/mol. The number of methoxy groups -OCH3 is 2. The lowest BCUT2D eigenvalue weighted by Crippen LogP contribution is -2.59. The number of hydrogen-bond donors (Lipinski definition) is 3. The third-order valence-corrected chi connectivity index (χ3v) is 10.9. The number of carboxylic acids is 1. The molecule has 2 aliphatic carbocycles. The lowest BCUT2D eigenvalue weighted by molar-refractivity contribution is -0.146. The molecule has 3 N–H and O–H groups in total. The highest BCUT2D eigenvalue weighted by molar-refractivity contribution is 7.13. The van der Waals surface area contributed by atoms with E-state index in [0.717, 1.165) is 30.6 Å². The van der Waals surface area contributed by atoms with Crippen LogP contribution in [0, 0.1) is 11.3 Å². The van der Waals surface area contributed by atoms with Gasteiger partial charge >= 0.3 is 12.1 Å². The summed E-state index contributed by atoms with van der Waals surface area (Å²) in [7, 11) is 3.05. The van der Waals surface area contributed by atoms with Crippen LogP contribution < -0.4 is 24.8 Å². The molecule has 14 nitrogen and oxygen atoms in total. The van der Waals surface area contributed by atoms with Crippen LogP contribution in [0.5, 0.6) is 17.4 Å². The van der Waals surface area contributed by atoms with E-state index in [9.17, 15) is 24.3 Å². The van der Waals surface area contributed by atoms with E-state index >= 15 is 0 Å². The van der Waals surface area contributed by atoms with Crippen LogP contribution >= 0.6 is 11.3 Å². The fourth-order valence-corrected chi connectivity index (χ4v) is 7.70. The molecule has 1 unspecified atom stereocenters. The maximum Gasteiger partial charge on any atom is 0.408 e. The van der Waals surface area contributed by atoms with Gasteiger partial charge in [-0.05, 0) is 49.0 Å². The van der Waals surface area contributed by atoms with Gasteiger partial charge in [-0.2, -0.15) is 0 Å². The van der Waals surface area contributed by atoms with Gasteiger partial charge in [0, 0.05) is 24.5 Å². The van der Waals surface area contributed by atoms with E-state index in [1.165, 1.54) is 36.5 Å². The van der Waals surface area contributed by atoms with Gasteiger partial charge in [0.1, 0.15) is 35.5 Å². The summed E-state index contributed by atoms with van der Waals surface area (Å²) in [4.78, 5) is 65.8.